The first-order valence-electron chi connectivity index (χ1n) is 18.6. The normalized spacial score (nSPS) is 17.4. The Morgan fingerprint density at radius 1 is 0.893 bits per heavy atom. The smallest absolute Gasteiger partial charge is 0.407 e. The van der Waals surface area contributed by atoms with Gasteiger partial charge in [0.25, 0.3) is 0 Å². The number of halogens is 1. The number of alkyl carbamates (subject to hydrolysis) is 2. The summed E-state index contributed by atoms with van der Waals surface area (Å²) in [7, 11) is 2.50. The highest BCUT2D eigenvalue weighted by Crippen LogP contribution is 2.34. The Morgan fingerprint density at radius 3 is 2.20 bits per heavy atom. The molecule has 14 nitrogen and oxygen atoms in total. The van der Waals surface area contributed by atoms with E-state index in [-0.39, 0.29) is 36.2 Å². The van der Waals surface area contributed by atoms with Crippen LogP contribution in [0, 0.1) is 35.4 Å². The molecule has 15 heteroatoms. The lowest BCUT2D eigenvalue weighted by atomic mass is 10.0. The number of carbonyl (C=O) groups is 4. The van der Waals surface area contributed by atoms with Gasteiger partial charge < -0.3 is 39.9 Å². The number of hydrogen-bond acceptors (Lipinski definition) is 8. The first-order chi connectivity index (χ1) is 27.0. The Kier molecular flexibility index (Phi) is 12.2. The molecule has 4 heterocycles. The molecule has 0 saturated carbocycles. The van der Waals surface area contributed by atoms with Crippen molar-refractivity contribution in [2.24, 2.45) is 5.92 Å². The van der Waals surface area contributed by atoms with Gasteiger partial charge in [0.05, 0.1) is 49.2 Å². The summed E-state index contributed by atoms with van der Waals surface area (Å²) < 4.78 is 25.0. The van der Waals surface area contributed by atoms with Gasteiger partial charge in [0.15, 0.2) is 0 Å². The first kappa shape index (κ1) is 39.3. The van der Waals surface area contributed by atoms with Crippen LogP contribution in [0.1, 0.15) is 87.7 Å². The van der Waals surface area contributed by atoms with E-state index in [1.165, 1.54) is 20.3 Å². The number of fused-ring (bicyclic) bond motifs is 1. The summed E-state index contributed by atoms with van der Waals surface area (Å²) in [5, 5.41) is 5.24. The second kappa shape index (κ2) is 17.4. The number of methoxy groups -OCH3 is 2. The van der Waals surface area contributed by atoms with Crippen LogP contribution in [-0.2, 0) is 19.1 Å². The second-order valence-electron chi connectivity index (χ2n) is 14.0. The van der Waals surface area contributed by atoms with Crippen molar-refractivity contribution in [3.8, 4) is 34.9 Å². The number of amides is 4. The zero-order chi connectivity index (χ0) is 39.9. The van der Waals surface area contributed by atoms with Crippen molar-refractivity contribution in [2.75, 3.05) is 27.3 Å². The van der Waals surface area contributed by atoms with E-state index in [9.17, 15) is 19.2 Å². The van der Waals surface area contributed by atoms with Crippen molar-refractivity contribution >= 4 is 35.0 Å². The van der Waals surface area contributed by atoms with Crippen LogP contribution in [-0.4, -0.2) is 93.1 Å². The minimum Gasteiger partial charge on any atom is -0.453 e. The summed E-state index contributed by atoms with van der Waals surface area (Å²) in [6.45, 7) is 6.43. The van der Waals surface area contributed by atoms with Crippen LogP contribution in [0.2, 0.25) is 0 Å². The number of imidazole rings is 2. The van der Waals surface area contributed by atoms with E-state index < -0.39 is 30.1 Å². The summed E-state index contributed by atoms with van der Waals surface area (Å²) in [6.07, 6.45) is 3.23. The van der Waals surface area contributed by atoms with Crippen LogP contribution in [0.3, 0.4) is 0 Å². The van der Waals surface area contributed by atoms with E-state index in [0.717, 1.165) is 30.3 Å². The summed E-state index contributed by atoms with van der Waals surface area (Å²) in [5.74, 6) is 11.8. The number of likely N-dealkylation sites (tertiary alicyclic amines) is 2. The topological polar surface area (TPSA) is 175 Å². The minimum atomic E-state index is -0.878. The number of nitrogens with one attached hydrogen (secondary N) is 4. The molecule has 2 fully saturated rings. The minimum absolute atomic E-state index is 0.137. The average Bonchev–Trinajstić information content (AvgIpc) is 4.03. The third kappa shape index (κ3) is 8.62. The van der Waals surface area contributed by atoms with Crippen LogP contribution >= 0.6 is 0 Å². The van der Waals surface area contributed by atoms with E-state index in [1.807, 2.05) is 32.0 Å². The molecule has 4 amide bonds. The van der Waals surface area contributed by atoms with Gasteiger partial charge in [0.2, 0.25) is 11.8 Å². The van der Waals surface area contributed by atoms with Crippen molar-refractivity contribution in [1.29, 1.82) is 0 Å². The third-order valence-electron chi connectivity index (χ3n) is 10.1. The Labute approximate surface area is 324 Å². The molecule has 0 radical (unpaired) electrons. The van der Waals surface area contributed by atoms with Crippen LogP contribution in [0.15, 0.2) is 42.6 Å². The van der Waals surface area contributed by atoms with Crippen LogP contribution < -0.4 is 10.6 Å². The summed E-state index contributed by atoms with van der Waals surface area (Å²) in [5.41, 5.74) is 3.41. The number of benzene rings is 2. The third-order valence-corrected chi connectivity index (χ3v) is 10.1. The standard InChI is InChI=1S/C41H45FN8O6/c1-6-7-10-30(47-40(53)55-4)38(51)49-19-8-11-33(49)36-43-23-32(46-36)27-17-15-25(21-28(27)42)13-14-26-16-18-29-31(22-26)45-37(44-29)34-12-9-20-50(34)39(52)35(24(2)3)48-41(54)56-5/h15-18,21-24,30,33-35H,8-12,19-20H2,1-5H3,(H,43,46)(H,44,45)(H,47,53)(H,48,54). The molecule has 6 rings (SSSR count). The van der Waals surface area contributed by atoms with Crippen LogP contribution in [0.4, 0.5) is 14.0 Å². The van der Waals surface area contributed by atoms with Gasteiger partial charge in [-0.05, 0) is 74.9 Å². The van der Waals surface area contributed by atoms with Gasteiger partial charge in [-0.2, -0.15) is 0 Å². The number of rotatable bonds is 9. The number of carbonyl (C=O) groups excluding carboxylic acids is 4. The van der Waals surface area contributed by atoms with E-state index in [1.54, 1.807) is 35.1 Å². The average molecular weight is 765 g/mol. The van der Waals surface area contributed by atoms with Crippen LogP contribution in [0.5, 0.6) is 0 Å². The zero-order valence-corrected chi connectivity index (χ0v) is 32.0. The quantitative estimate of drug-likeness (QED) is 0.165. The summed E-state index contributed by atoms with van der Waals surface area (Å²) in [6, 6.07) is 8.03. The molecular weight excluding hydrogens is 719 g/mol. The van der Waals surface area contributed by atoms with Crippen molar-refractivity contribution in [3.63, 3.8) is 0 Å². The van der Waals surface area contributed by atoms with Gasteiger partial charge in [-0.1, -0.05) is 25.7 Å². The lowest BCUT2D eigenvalue weighted by Crippen LogP contribution is -2.51. The molecule has 0 spiro atoms. The van der Waals surface area contributed by atoms with Gasteiger partial charge >= 0.3 is 12.2 Å². The number of aromatic amines is 2. The van der Waals surface area contributed by atoms with Crippen molar-refractivity contribution < 1.29 is 33.0 Å². The maximum absolute atomic E-state index is 15.5. The van der Waals surface area contributed by atoms with E-state index in [2.05, 4.69) is 49.3 Å². The molecule has 56 heavy (non-hydrogen) atoms. The van der Waals surface area contributed by atoms with Gasteiger partial charge in [-0.25, -0.2) is 23.9 Å². The fourth-order valence-corrected chi connectivity index (χ4v) is 7.18. The molecule has 2 saturated heterocycles. The highest BCUT2D eigenvalue weighted by molar-refractivity contribution is 5.87. The van der Waals surface area contributed by atoms with Gasteiger partial charge in [-0.15, -0.1) is 11.8 Å². The predicted octanol–water partition coefficient (Wildman–Crippen LogP) is 5.34. The maximum Gasteiger partial charge on any atom is 0.407 e. The second-order valence-corrected chi connectivity index (χ2v) is 14.0. The molecule has 2 aliphatic heterocycles. The number of hydrogen-bond donors (Lipinski definition) is 4. The molecule has 2 aromatic carbocycles. The molecule has 0 aliphatic carbocycles. The molecule has 4 N–H and O–H groups in total. The van der Waals surface area contributed by atoms with Crippen molar-refractivity contribution in [2.45, 2.75) is 77.0 Å². The highest BCUT2D eigenvalue weighted by atomic mass is 19.1. The fourth-order valence-electron chi connectivity index (χ4n) is 7.18. The van der Waals surface area contributed by atoms with E-state index in [0.29, 0.717) is 53.5 Å². The largest absolute Gasteiger partial charge is 0.453 e. The first-order valence-corrected chi connectivity index (χ1v) is 18.6. The molecule has 4 unspecified atom stereocenters. The summed E-state index contributed by atoms with van der Waals surface area (Å²) in [4.78, 5) is 70.2. The Bertz CT molecular complexity index is 2240. The molecule has 4 atom stereocenters. The Balaban J connectivity index is 1.14. The van der Waals surface area contributed by atoms with Gasteiger partial charge in [-0.3, -0.25) is 9.59 Å². The lowest BCUT2D eigenvalue weighted by molar-refractivity contribution is -0.135. The molecular formula is C41H45FN8O6. The van der Waals surface area contributed by atoms with Gasteiger partial charge in [0.1, 0.15) is 29.5 Å². The van der Waals surface area contributed by atoms with E-state index >= 15 is 4.39 Å². The van der Waals surface area contributed by atoms with E-state index in [4.69, 9.17) is 14.5 Å². The monoisotopic (exact) mass is 764 g/mol. The molecule has 2 aromatic heterocycles. The maximum atomic E-state index is 15.5. The Morgan fingerprint density at radius 2 is 1.54 bits per heavy atom. The van der Waals surface area contributed by atoms with Crippen LogP contribution in [0.25, 0.3) is 22.3 Å². The predicted molar refractivity (Wildman–Crippen MR) is 205 cm³/mol. The SMILES string of the molecule is CC#CCC(NC(=O)OC)C(=O)N1CCCC1c1ncc(-c2ccc(C#Cc3ccc4nc(C5CCCN5C(=O)C(NC(=O)OC)C(C)C)[nH]c4c3)cc2F)[nH]1. The summed E-state index contributed by atoms with van der Waals surface area (Å²) >= 11 is 0. The number of H-pyrrole nitrogens is 2. The van der Waals surface area contributed by atoms with Crippen molar-refractivity contribution in [1.82, 2.24) is 40.4 Å². The Hall–Kier alpha value is -6.35. The zero-order valence-electron chi connectivity index (χ0n) is 32.0. The molecule has 2 aliphatic rings. The lowest BCUT2D eigenvalue weighted by Gasteiger charge is -2.29. The highest BCUT2D eigenvalue weighted by Gasteiger charge is 2.38. The fraction of sp³-hybridized carbons (Fsp3) is 0.415. The van der Waals surface area contributed by atoms with Gasteiger partial charge in [0, 0.05) is 36.2 Å². The number of nitrogens with zero attached hydrogens (tertiary/aromatic N) is 4. The number of ether oxygens (including phenoxy) is 2. The van der Waals surface area contributed by atoms with Crippen molar-refractivity contribution in [3.05, 3.63) is 71.2 Å². The molecule has 4 aromatic rings. The molecule has 292 valence electrons. The molecule has 0 bridgehead atoms. The number of aromatic nitrogens is 4.